The van der Waals surface area contributed by atoms with Gasteiger partial charge in [-0.15, -0.1) is 0 Å². The van der Waals surface area contributed by atoms with Gasteiger partial charge in [-0.1, -0.05) is 18.2 Å². The van der Waals surface area contributed by atoms with Crippen LogP contribution < -0.4 is 10.6 Å². The maximum absolute atomic E-state index is 13.2. The summed E-state index contributed by atoms with van der Waals surface area (Å²) < 4.78 is 13.2. The Morgan fingerprint density at radius 1 is 1.32 bits per heavy atom. The number of nitrogens with one attached hydrogen (secondary N) is 2. The minimum atomic E-state index is -2.05. The van der Waals surface area contributed by atoms with Gasteiger partial charge in [0.25, 0.3) is 0 Å². The van der Waals surface area contributed by atoms with Crippen molar-refractivity contribution in [2.24, 2.45) is 0 Å². The van der Waals surface area contributed by atoms with Gasteiger partial charge >= 0.3 is 12.0 Å². The van der Waals surface area contributed by atoms with Crippen LogP contribution in [0.4, 0.5) is 9.18 Å². The Morgan fingerprint density at radius 2 is 1.95 bits per heavy atom. The summed E-state index contributed by atoms with van der Waals surface area (Å²) in [5.41, 5.74) is -1.74. The maximum Gasteiger partial charge on any atom is 0.337 e. The molecule has 0 aliphatic heterocycles. The lowest BCUT2D eigenvalue weighted by atomic mass is 10.1. The highest BCUT2D eigenvalue weighted by atomic mass is 19.1. The third-order valence-electron chi connectivity index (χ3n) is 2.45. The summed E-state index contributed by atoms with van der Waals surface area (Å²) >= 11 is 0. The molecule has 0 aromatic heterocycles. The molecule has 1 aromatic rings. The minimum Gasteiger partial charge on any atom is -0.479 e. The molecule has 0 radical (unpaired) electrons. The van der Waals surface area contributed by atoms with E-state index < -0.39 is 30.0 Å². The van der Waals surface area contributed by atoms with E-state index in [9.17, 15) is 19.1 Å². The Labute approximate surface area is 109 Å². The summed E-state index contributed by atoms with van der Waals surface area (Å²) in [6.07, 6.45) is 0. The summed E-state index contributed by atoms with van der Waals surface area (Å²) in [5.74, 6) is -1.89. The van der Waals surface area contributed by atoms with E-state index in [1.54, 1.807) is 6.07 Å². The second-order valence-corrected chi connectivity index (χ2v) is 4.21. The van der Waals surface area contributed by atoms with Gasteiger partial charge in [0.15, 0.2) is 5.60 Å². The molecule has 0 fully saturated rings. The highest BCUT2D eigenvalue weighted by Crippen LogP contribution is 2.05. The predicted octanol–water partition coefficient (Wildman–Crippen LogP) is 0.460. The van der Waals surface area contributed by atoms with Crippen LogP contribution in [-0.4, -0.2) is 34.4 Å². The van der Waals surface area contributed by atoms with Gasteiger partial charge in [-0.05, 0) is 13.0 Å². The smallest absolute Gasteiger partial charge is 0.337 e. The molecule has 0 heterocycles. The van der Waals surface area contributed by atoms with Crippen LogP contribution in [-0.2, 0) is 11.3 Å². The molecule has 0 bridgehead atoms. The Balaban J connectivity index is 2.41. The van der Waals surface area contributed by atoms with Crippen molar-refractivity contribution in [3.8, 4) is 0 Å². The standard InChI is InChI=1S/C12H15FN2O4/c1-12(19,10(16)17)7-15-11(18)14-6-8-4-2-3-5-9(8)13/h2-5,19H,6-7H2,1H3,(H,16,17)(H2,14,15,18). The summed E-state index contributed by atoms with van der Waals surface area (Å²) in [6, 6.07) is 5.26. The van der Waals surface area contributed by atoms with Gasteiger partial charge in [0.1, 0.15) is 5.82 Å². The van der Waals surface area contributed by atoms with Crippen molar-refractivity contribution < 1.29 is 24.2 Å². The Hall–Kier alpha value is -2.15. The van der Waals surface area contributed by atoms with E-state index in [4.69, 9.17) is 5.11 Å². The highest BCUT2D eigenvalue weighted by molar-refractivity contribution is 5.79. The summed E-state index contributed by atoms with van der Waals surface area (Å²) in [6.45, 7) is 0.575. The summed E-state index contributed by atoms with van der Waals surface area (Å²) in [5, 5.41) is 22.5. The van der Waals surface area contributed by atoms with Gasteiger partial charge in [-0.2, -0.15) is 0 Å². The Kier molecular flexibility index (Phi) is 4.82. The molecule has 0 spiro atoms. The predicted molar refractivity (Wildman–Crippen MR) is 64.9 cm³/mol. The van der Waals surface area contributed by atoms with E-state index in [2.05, 4.69) is 10.6 Å². The zero-order valence-electron chi connectivity index (χ0n) is 10.3. The van der Waals surface area contributed by atoms with E-state index in [0.717, 1.165) is 6.92 Å². The molecule has 104 valence electrons. The van der Waals surface area contributed by atoms with Crippen molar-refractivity contribution in [2.75, 3.05) is 6.54 Å². The topological polar surface area (TPSA) is 98.7 Å². The zero-order valence-corrected chi connectivity index (χ0v) is 10.3. The molecule has 0 aliphatic rings. The number of urea groups is 1. The van der Waals surface area contributed by atoms with Crippen LogP contribution in [0.15, 0.2) is 24.3 Å². The number of aliphatic carboxylic acids is 1. The fraction of sp³-hybridized carbons (Fsp3) is 0.333. The van der Waals surface area contributed by atoms with Gasteiger partial charge in [0, 0.05) is 12.1 Å². The lowest BCUT2D eigenvalue weighted by Gasteiger charge is -2.18. The van der Waals surface area contributed by atoms with Gasteiger partial charge in [0.05, 0.1) is 6.54 Å². The van der Waals surface area contributed by atoms with E-state index >= 15 is 0 Å². The molecule has 1 rings (SSSR count). The molecule has 19 heavy (non-hydrogen) atoms. The van der Waals surface area contributed by atoms with Crippen molar-refractivity contribution in [3.05, 3.63) is 35.6 Å². The van der Waals surface area contributed by atoms with Crippen molar-refractivity contribution in [1.82, 2.24) is 10.6 Å². The lowest BCUT2D eigenvalue weighted by molar-refractivity contribution is -0.155. The van der Waals surface area contributed by atoms with Crippen LogP contribution in [0, 0.1) is 5.82 Å². The minimum absolute atomic E-state index is 0.0340. The largest absolute Gasteiger partial charge is 0.479 e. The Morgan fingerprint density at radius 3 is 2.53 bits per heavy atom. The fourth-order valence-electron chi connectivity index (χ4n) is 1.21. The van der Waals surface area contributed by atoms with Crippen molar-refractivity contribution in [1.29, 1.82) is 0 Å². The molecule has 6 nitrogen and oxygen atoms in total. The average Bonchev–Trinajstić information content (AvgIpc) is 2.35. The number of aliphatic hydroxyl groups is 1. The second-order valence-electron chi connectivity index (χ2n) is 4.21. The monoisotopic (exact) mass is 270 g/mol. The van der Waals surface area contributed by atoms with E-state index in [1.165, 1.54) is 18.2 Å². The molecule has 0 saturated heterocycles. The average molecular weight is 270 g/mol. The fourth-order valence-corrected chi connectivity index (χ4v) is 1.21. The first kappa shape index (κ1) is 14.9. The molecule has 0 aliphatic carbocycles. The van der Waals surface area contributed by atoms with Crippen LogP contribution in [0.1, 0.15) is 12.5 Å². The molecular weight excluding hydrogens is 255 g/mol. The Bertz CT molecular complexity index is 477. The molecule has 1 aromatic carbocycles. The number of carbonyl (C=O) groups is 2. The second kappa shape index (κ2) is 6.14. The van der Waals surface area contributed by atoms with Crippen molar-refractivity contribution in [3.63, 3.8) is 0 Å². The SMILES string of the molecule is CC(O)(CNC(=O)NCc1ccccc1F)C(=O)O. The first-order valence-corrected chi connectivity index (χ1v) is 5.54. The normalized spacial score (nSPS) is 13.4. The maximum atomic E-state index is 13.2. The first-order valence-electron chi connectivity index (χ1n) is 5.54. The molecule has 7 heteroatoms. The number of halogens is 1. The number of carbonyl (C=O) groups excluding carboxylic acids is 1. The van der Waals surface area contributed by atoms with Crippen LogP contribution in [0.2, 0.25) is 0 Å². The number of carboxylic acid groups (broad SMARTS) is 1. The van der Waals surface area contributed by atoms with Gasteiger partial charge in [-0.25, -0.2) is 14.0 Å². The number of benzene rings is 1. The molecular formula is C12H15FN2O4. The van der Waals surface area contributed by atoms with Gasteiger partial charge in [0.2, 0.25) is 0 Å². The van der Waals surface area contributed by atoms with Crippen LogP contribution in [0.5, 0.6) is 0 Å². The van der Waals surface area contributed by atoms with Crippen LogP contribution in [0.3, 0.4) is 0 Å². The number of rotatable bonds is 5. The summed E-state index contributed by atoms with van der Waals surface area (Å²) in [7, 11) is 0. The van der Waals surface area contributed by atoms with Crippen molar-refractivity contribution >= 4 is 12.0 Å². The van der Waals surface area contributed by atoms with Crippen LogP contribution >= 0.6 is 0 Å². The summed E-state index contributed by atoms with van der Waals surface area (Å²) in [4.78, 5) is 21.9. The van der Waals surface area contributed by atoms with Gasteiger partial charge < -0.3 is 20.8 Å². The number of hydrogen-bond donors (Lipinski definition) is 4. The molecule has 4 N–H and O–H groups in total. The zero-order chi connectivity index (χ0) is 14.5. The number of carboxylic acids is 1. The lowest BCUT2D eigenvalue weighted by Crippen LogP contribution is -2.49. The quantitative estimate of drug-likeness (QED) is 0.624. The van der Waals surface area contributed by atoms with E-state index in [1.807, 2.05) is 0 Å². The van der Waals surface area contributed by atoms with E-state index in [-0.39, 0.29) is 6.54 Å². The third kappa shape index (κ3) is 4.55. The van der Waals surface area contributed by atoms with E-state index in [0.29, 0.717) is 5.56 Å². The molecule has 1 unspecified atom stereocenters. The molecule has 0 saturated carbocycles. The number of amides is 2. The van der Waals surface area contributed by atoms with Gasteiger partial charge in [-0.3, -0.25) is 0 Å². The van der Waals surface area contributed by atoms with Crippen LogP contribution in [0.25, 0.3) is 0 Å². The number of hydrogen-bond acceptors (Lipinski definition) is 3. The highest BCUT2D eigenvalue weighted by Gasteiger charge is 2.30. The third-order valence-corrected chi connectivity index (χ3v) is 2.45. The molecule has 1 atom stereocenters. The first-order chi connectivity index (χ1) is 8.83. The van der Waals surface area contributed by atoms with Crippen molar-refractivity contribution in [2.45, 2.75) is 19.1 Å². The molecule has 2 amide bonds.